The Labute approximate surface area is 104 Å². The smallest absolute Gasteiger partial charge is 0.145 e. The van der Waals surface area contributed by atoms with Crippen LogP contribution in [0, 0.1) is 5.82 Å². The number of phenols is 1. The summed E-state index contributed by atoms with van der Waals surface area (Å²) in [5.41, 5.74) is 2.54. The third-order valence-corrected chi connectivity index (χ3v) is 2.97. The van der Waals surface area contributed by atoms with Crippen LogP contribution in [0.5, 0.6) is 5.75 Å². The fourth-order valence-corrected chi connectivity index (χ4v) is 1.89. The van der Waals surface area contributed by atoms with E-state index >= 15 is 0 Å². The van der Waals surface area contributed by atoms with E-state index in [4.69, 9.17) is 11.6 Å². The molecule has 0 heterocycles. The second kappa shape index (κ2) is 4.76. The molecule has 17 heavy (non-hydrogen) atoms. The standard InChI is InChI=1S/C14H12ClFO/c1-2-9-4-3-5-10(6-9)11-7-12(15)13(16)8-14(11)17/h3-8,17H,2H2,1H3. The van der Waals surface area contributed by atoms with Gasteiger partial charge in [0.05, 0.1) is 5.02 Å². The number of phenolic OH excluding ortho intramolecular Hbond substituents is 1. The first-order chi connectivity index (χ1) is 8.11. The lowest BCUT2D eigenvalue weighted by Crippen LogP contribution is -1.85. The van der Waals surface area contributed by atoms with E-state index in [9.17, 15) is 9.50 Å². The molecular formula is C14H12ClFO. The van der Waals surface area contributed by atoms with Crippen molar-refractivity contribution in [2.24, 2.45) is 0 Å². The maximum absolute atomic E-state index is 13.1. The number of halogens is 2. The summed E-state index contributed by atoms with van der Waals surface area (Å²) in [7, 11) is 0. The molecule has 0 amide bonds. The summed E-state index contributed by atoms with van der Waals surface area (Å²) in [6.07, 6.45) is 0.906. The lowest BCUT2D eigenvalue weighted by Gasteiger charge is -2.07. The Morgan fingerprint density at radius 2 is 2.00 bits per heavy atom. The van der Waals surface area contributed by atoms with Crippen molar-refractivity contribution in [3.05, 3.63) is 52.8 Å². The van der Waals surface area contributed by atoms with Crippen LogP contribution in [0.1, 0.15) is 12.5 Å². The lowest BCUT2D eigenvalue weighted by molar-refractivity contribution is 0.471. The molecule has 1 N–H and O–H groups in total. The van der Waals surface area contributed by atoms with Gasteiger partial charge >= 0.3 is 0 Å². The second-order valence-electron chi connectivity index (χ2n) is 3.84. The highest BCUT2D eigenvalue weighted by Crippen LogP contribution is 2.33. The number of aryl methyl sites for hydroxylation is 1. The van der Waals surface area contributed by atoms with Crippen molar-refractivity contribution in [1.29, 1.82) is 0 Å². The average Bonchev–Trinajstić information content (AvgIpc) is 2.34. The Hall–Kier alpha value is -1.54. The minimum absolute atomic E-state index is 0.0136. The molecule has 3 heteroatoms. The van der Waals surface area contributed by atoms with Gasteiger partial charge in [0.2, 0.25) is 0 Å². The molecule has 0 aliphatic heterocycles. The van der Waals surface area contributed by atoms with Crippen LogP contribution in [0.15, 0.2) is 36.4 Å². The van der Waals surface area contributed by atoms with Crippen molar-refractivity contribution < 1.29 is 9.50 Å². The first-order valence-electron chi connectivity index (χ1n) is 5.39. The van der Waals surface area contributed by atoms with Crippen molar-refractivity contribution in [3.8, 4) is 16.9 Å². The van der Waals surface area contributed by atoms with Crippen LogP contribution >= 0.6 is 11.6 Å². The van der Waals surface area contributed by atoms with E-state index in [2.05, 4.69) is 6.92 Å². The van der Waals surface area contributed by atoms with Crippen LogP contribution in [0.2, 0.25) is 5.02 Å². The zero-order chi connectivity index (χ0) is 12.4. The van der Waals surface area contributed by atoms with Crippen LogP contribution in [0.3, 0.4) is 0 Å². The molecule has 1 nitrogen and oxygen atoms in total. The number of hydrogen-bond donors (Lipinski definition) is 1. The SMILES string of the molecule is CCc1cccc(-c2cc(Cl)c(F)cc2O)c1. The van der Waals surface area contributed by atoms with Crippen molar-refractivity contribution in [3.63, 3.8) is 0 Å². The van der Waals surface area contributed by atoms with Gasteiger partial charge in [-0.15, -0.1) is 0 Å². The van der Waals surface area contributed by atoms with E-state index in [1.54, 1.807) is 0 Å². The zero-order valence-electron chi connectivity index (χ0n) is 9.37. The summed E-state index contributed by atoms with van der Waals surface area (Å²) in [4.78, 5) is 0. The van der Waals surface area contributed by atoms with Crippen molar-refractivity contribution >= 4 is 11.6 Å². The van der Waals surface area contributed by atoms with E-state index in [-0.39, 0.29) is 10.8 Å². The molecule has 0 saturated carbocycles. The molecule has 0 bridgehead atoms. The molecule has 2 rings (SSSR count). The Balaban J connectivity index is 2.56. The van der Waals surface area contributed by atoms with Gasteiger partial charge in [-0.1, -0.05) is 42.8 Å². The minimum atomic E-state index is -0.612. The molecule has 2 aromatic carbocycles. The summed E-state index contributed by atoms with van der Waals surface area (Å²) in [5, 5.41) is 9.75. The van der Waals surface area contributed by atoms with E-state index < -0.39 is 5.82 Å². The lowest BCUT2D eigenvalue weighted by atomic mass is 10.0. The molecule has 0 aliphatic carbocycles. The molecule has 0 atom stereocenters. The normalized spacial score (nSPS) is 10.5. The molecule has 88 valence electrons. The van der Waals surface area contributed by atoms with Gasteiger partial charge in [0.25, 0.3) is 0 Å². The Morgan fingerprint density at radius 3 is 2.71 bits per heavy atom. The fourth-order valence-electron chi connectivity index (χ4n) is 1.73. The van der Waals surface area contributed by atoms with Crippen LogP contribution < -0.4 is 0 Å². The fraction of sp³-hybridized carbons (Fsp3) is 0.143. The number of benzene rings is 2. The third-order valence-electron chi connectivity index (χ3n) is 2.68. The molecule has 0 aliphatic rings. The summed E-state index contributed by atoms with van der Waals surface area (Å²) in [6.45, 7) is 2.05. The maximum atomic E-state index is 13.1. The maximum Gasteiger partial charge on any atom is 0.145 e. The predicted molar refractivity (Wildman–Crippen MR) is 67.9 cm³/mol. The highest BCUT2D eigenvalue weighted by molar-refractivity contribution is 6.31. The Bertz CT molecular complexity index is 552. The summed E-state index contributed by atoms with van der Waals surface area (Å²) in [6, 6.07) is 10.2. The van der Waals surface area contributed by atoms with Crippen LogP contribution in [0.25, 0.3) is 11.1 Å². The monoisotopic (exact) mass is 250 g/mol. The molecule has 0 spiro atoms. The van der Waals surface area contributed by atoms with Crippen LogP contribution in [0.4, 0.5) is 4.39 Å². The van der Waals surface area contributed by atoms with Crippen LogP contribution in [-0.2, 0) is 6.42 Å². The molecule has 0 fully saturated rings. The second-order valence-corrected chi connectivity index (χ2v) is 4.24. The Kier molecular flexibility index (Phi) is 3.34. The summed E-state index contributed by atoms with van der Waals surface area (Å²) in [5.74, 6) is -0.709. The van der Waals surface area contributed by atoms with E-state index in [1.165, 1.54) is 6.07 Å². The van der Waals surface area contributed by atoms with Crippen molar-refractivity contribution in [2.45, 2.75) is 13.3 Å². The highest BCUT2D eigenvalue weighted by Gasteiger charge is 2.09. The van der Waals surface area contributed by atoms with Gasteiger partial charge in [-0.05, 0) is 23.6 Å². The van der Waals surface area contributed by atoms with E-state index in [0.717, 1.165) is 23.6 Å². The average molecular weight is 251 g/mol. The zero-order valence-corrected chi connectivity index (χ0v) is 10.1. The van der Waals surface area contributed by atoms with Gasteiger partial charge in [0.1, 0.15) is 11.6 Å². The van der Waals surface area contributed by atoms with E-state index in [0.29, 0.717) is 5.56 Å². The van der Waals surface area contributed by atoms with Gasteiger partial charge in [0.15, 0.2) is 0 Å². The van der Waals surface area contributed by atoms with Gasteiger partial charge in [-0.3, -0.25) is 0 Å². The number of rotatable bonds is 2. The van der Waals surface area contributed by atoms with Gasteiger partial charge in [-0.2, -0.15) is 0 Å². The van der Waals surface area contributed by atoms with Crippen molar-refractivity contribution in [2.75, 3.05) is 0 Å². The molecular weight excluding hydrogens is 239 g/mol. The third kappa shape index (κ3) is 2.42. The molecule has 0 unspecified atom stereocenters. The topological polar surface area (TPSA) is 20.2 Å². The van der Waals surface area contributed by atoms with E-state index in [1.807, 2.05) is 24.3 Å². The largest absolute Gasteiger partial charge is 0.507 e. The van der Waals surface area contributed by atoms with Gasteiger partial charge < -0.3 is 5.11 Å². The molecule has 0 aromatic heterocycles. The highest BCUT2D eigenvalue weighted by atomic mass is 35.5. The predicted octanol–water partition coefficient (Wildman–Crippen LogP) is 4.41. The summed E-state index contributed by atoms with van der Waals surface area (Å²) >= 11 is 5.72. The Morgan fingerprint density at radius 1 is 1.24 bits per heavy atom. The van der Waals surface area contributed by atoms with Gasteiger partial charge in [-0.25, -0.2) is 4.39 Å². The molecule has 0 saturated heterocycles. The molecule has 2 aromatic rings. The minimum Gasteiger partial charge on any atom is -0.507 e. The van der Waals surface area contributed by atoms with Crippen LogP contribution in [-0.4, -0.2) is 5.11 Å². The first kappa shape index (κ1) is 11.9. The summed E-state index contributed by atoms with van der Waals surface area (Å²) < 4.78 is 13.1. The van der Waals surface area contributed by atoms with Gasteiger partial charge in [0, 0.05) is 11.6 Å². The number of aromatic hydroxyl groups is 1. The van der Waals surface area contributed by atoms with Crippen molar-refractivity contribution in [1.82, 2.24) is 0 Å². The molecule has 0 radical (unpaired) electrons. The quantitative estimate of drug-likeness (QED) is 0.837. The number of hydrogen-bond acceptors (Lipinski definition) is 1. The first-order valence-corrected chi connectivity index (χ1v) is 5.77.